The highest BCUT2D eigenvalue weighted by Crippen LogP contribution is 2.42. The number of carboxylic acid groups (broad SMARTS) is 1. The highest BCUT2D eigenvalue weighted by atomic mass is 16.4. The molecular weight excluding hydrogens is 240 g/mol. The van der Waals surface area contributed by atoms with Gasteiger partial charge in [0.1, 0.15) is 0 Å². The van der Waals surface area contributed by atoms with Gasteiger partial charge >= 0.3 is 5.97 Å². The Bertz CT molecular complexity index is 681. The van der Waals surface area contributed by atoms with Crippen LogP contribution >= 0.6 is 0 Å². The lowest BCUT2D eigenvalue weighted by atomic mass is 9.88. The van der Waals surface area contributed by atoms with E-state index in [-0.39, 0.29) is 11.8 Å². The van der Waals surface area contributed by atoms with Gasteiger partial charge in [0.15, 0.2) is 0 Å². The molecule has 2 atom stereocenters. The van der Waals surface area contributed by atoms with Gasteiger partial charge in [0.25, 0.3) is 0 Å². The fourth-order valence-corrected chi connectivity index (χ4v) is 3.15. The molecule has 3 rings (SSSR count). The van der Waals surface area contributed by atoms with Gasteiger partial charge in [-0.2, -0.15) is 5.26 Å². The molecule has 1 aliphatic rings. The summed E-state index contributed by atoms with van der Waals surface area (Å²) in [5.41, 5.74) is 2.61. The van der Waals surface area contributed by atoms with E-state index < -0.39 is 5.97 Å². The number of carboxylic acids is 1. The average molecular weight is 254 g/mol. The Labute approximate surface area is 110 Å². The average Bonchev–Trinajstić information content (AvgIpc) is 3.03. The van der Waals surface area contributed by atoms with E-state index in [2.05, 4.69) is 11.1 Å². The van der Waals surface area contributed by atoms with E-state index in [1.807, 2.05) is 18.3 Å². The second-order valence-electron chi connectivity index (χ2n) is 5.10. The van der Waals surface area contributed by atoms with Crippen molar-refractivity contribution in [3.63, 3.8) is 0 Å². The van der Waals surface area contributed by atoms with Crippen molar-refractivity contribution in [2.75, 3.05) is 0 Å². The van der Waals surface area contributed by atoms with Gasteiger partial charge in [0, 0.05) is 17.1 Å². The van der Waals surface area contributed by atoms with Crippen molar-refractivity contribution >= 4 is 16.9 Å². The maximum atomic E-state index is 11.3. The number of H-pyrrole nitrogens is 1. The smallest absolute Gasteiger partial charge is 0.307 e. The van der Waals surface area contributed by atoms with Crippen molar-refractivity contribution in [1.82, 2.24) is 4.98 Å². The van der Waals surface area contributed by atoms with E-state index in [9.17, 15) is 9.90 Å². The summed E-state index contributed by atoms with van der Waals surface area (Å²) in [4.78, 5) is 14.5. The van der Waals surface area contributed by atoms with Crippen molar-refractivity contribution in [2.24, 2.45) is 5.92 Å². The number of nitriles is 1. The Morgan fingerprint density at radius 1 is 1.42 bits per heavy atom. The second-order valence-corrected chi connectivity index (χ2v) is 5.10. The normalized spacial score (nSPS) is 22.5. The molecule has 1 aromatic carbocycles. The van der Waals surface area contributed by atoms with Crippen LogP contribution in [0.25, 0.3) is 10.9 Å². The zero-order valence-electron chi connectivity index (χ0n) is 10.4. The number of aromatic nitrogens is 1. The third-order valence-corrected chi connectivity index (χ3v) is 4.08. The zero-order chi connectivity index (χ0) is 13.4. The molecule has 1 aliphatic carbocycles. The van der Waals surface area contributed by atoms with E-state index in [4.69, 9.17) is 5.26 Å². The van der Waals surface area contributed by atoms with Crippen molar-refractivity contribution in [1.29, 1.82) is 5.26 Å². The van der Waals surface area contributed by atoms with Crippen LogP contribution in [0.2, 0.25) is 0 Å². The number of carbonyl (C=O) groups is 1. The summed E-state index contributed by atoms with van der Waals surface area (Å²) in [6.07, 6.45) is 4.50. The van der Waals surface area contributed by atoms with Gasteiger partial charge in [-0.25, -0.2) is 0 Å². The summed E-state index contributed by atoms with van der Waals surface area (Å²) in [5.74, 6) is -0.960. The largest absolute Gasteiger partial charge is 0.481 e. The highest BCUT2D eigenvalue weighted by Gasteiger charge is 2.35. The van der Waals surface area contributed by atoms with Crippen LogP contribution in [-0.2, 0) is 4.79 Å². The molecule has 4 heteroatoms. The lowest BCUT2D eigenvalue weighted by Crippen LogP contribution is -2.16. The van der Waals surface area contributed by atoms with Crippen molar-refractivity contribution in [2.45, 2.75) is 25.2 Å². The number of nitrogens with one attached hydrogen (secondary N) is 1. The predicted molar refractivity (Wildman–Crippen MR) is 70.7 cm³/mol. The Morgan fingerprint density at radius 3 is 3.00 bits per heavy atom. The van der Waals surface area contributed by atoms with Crippen LogP contribution in [0.4, 0.5) is 0 Å². The minimum absolute atomic E-state index is 0.0557. The van der Waals surface area contributed by atoms with Gasteiger partial charge in [-0.15, -0.1) is 0 Å². The molecule has 0 aliphatic heterocycles. The topological polar surface area (TPSA) is 76.9 Å². The summed E-state index contributed by atoms with van der Waals surface area (Å²) < 4.78 is 0. The molecule has 1 heterocycles. The van der Waals surface area contributed by atoms with Gasteiger partial charge in [0.05, 0.1) is 17.6 Å². The minimum atomic E-state index is -0.715. The first-order valence-corrected chi connectivity index (χ1v) is 6.44. The zero-order valence-corrected chi connectivity index (χ0v) is 10.4. The monoisotopic (exact) mass is 254 g/mol. The summed E-state index contributed by atoms with van der Waals surface area (Å²) >= 11 is 0. The molecule has 1 aromatic heterocycles. The molecule has 1 fully saturated rings. The van der Waals surface area contributed by atoms with Crippen LogP contribution in [-0.4, -0.2) is 16.1 Å². The molecule has 0 unspecified atom stereocenters. The third kappa shape index (κ3) is 1.88. The molecule has 0 saturated heterocycles. The molecule has 0 radical (unpaired) electrons. The SMILES string of the molecule is N#Cc1ccc2[nH]cc([C@@H]3CCC[C@H]3C(=O)O)c2c1. The molecule has 19 heavy (non-hydrogen) atoms. The standard InChI is InChI=1S/C15H14N2O2/c16-7-9-4-5-14-12(6-9)13(8-17-14)10-2-1-3-11(10)15(18)19/h4-6,8,10-11,17H,1-3H2,(H,18,19)/t10-,11-/m1/s1. The molecule has 2 aromatic rings. The minimum Gasteiger partial charge on any atom is -0.481 e. The number of nitrogens with zero attached hydrogens (tertiary/aromatic N) is 1. The molecule has 0 spiro atoms. The number of hydrogen-bond donors (Lipinski definition) is 2. The Balaban J connectivity index is 2.10. The molecule has 2 N–H and O–H groups in total. The second kappa shape index (κ2) is 4.43. The van der Waals surface area contributed by atoms with E-state index in [0.29, 0.717) is 5.56 Å². The molecular formula is C15H14N2O2. The molecule has 0 amide bonds. The maximum absolute atomic E-state index is 11.3. The van der Waals surface area contributed by atoms with Gasteiger partial charge in [0.2, 0.25) is 0 Å². The summed E-state index contributed by atoms with van der Waals surface area (Å²) in [6, 6.07) is 7.62. The van der Waals surface area contributed by atoms with Crippen LogP contribution in [0.1, 0.15) is 36.3 Å². The molecule has 4 nitrogen and oxygen atoms in total. The predicted octanol–water partition coefficient (Wildman–Crippen LogP) is 3.01. The van der Waals surface area contributed by atoms with E-state index in [1.54, 1.807) is 6.07 Å². The van der Waals surface area contributed by atoms with E-state index >= 15 is 0 Å². The number of benzene rings is 1. The van der Waals surface area contributed by atoms with Crippen molar-refractivity contribution in [3.8, 4) is 6.07 Å². The van der Waals surface area contributed by atoms with Gasteiger partial charge in [-0.05, 0) is 42.5 Å². The van der Waals surface area contributed by atoms with Crippen molar-refractivity contribution < 1.29 is 9.90 Å². The van der Waals surface area contributed by atoms with Crippen LogP contribution in [0, 0.1) is 17.2 Å². The fraction of sp³-hybridized carbons (Fsp3) is 0.333. The van der Waals surface area contributed by atoms with Crippen LogP contribution in [0.5, 0.6) is 0 Å². The Kier molecular flexibility index (Phi) is 2.75. The summed E-state index contributed by atoms with van der Waals surface area (Å²) in [6.45, 7) is 0. The summed E-state index contributed by atoms with van der Waals surface area (Å²) in [5, 5.41) is 19.3. The van der Waals surface area contributed by atoms with E-state index in [0.717, 1.165) is 35.7 Å². The Morgan fingerprint density at radius 2 is 2.26 bits per heavy atom. The van der Waals surface area contributed by atoms with Crippen LogP contribution in [0.15, 0.2) is 24.4 Å². The van der Waals surface area contributed by atoms with Crippen LogP contribution < -0.4 is 0 Å². The number of aliphatic carboxylic acids is 1. The fourth-order valence-electron chi connectivity index (χ4n) is 3.15. The molecule has 1 saturated carbocycles. The molecule has 96 valence electrons. The lowest BCUT2D eigenvalue weighted by Gasteiger charge is -2.15. The first-order valence-electron chi connectivity index (χ1n) is 6.44. The van der Waals surface area contributed by atoms with Gasteiger partial charge in [-0.1, -0.05) is 6.42 Å². The van der Waals surface area contributed by atoms with Crippen molar-refractivity contribution in [3.05, 3.63) is 35.5 Å². The number of aromatic amines is 1. The number of hydrogen-bond acceptors (Lipinski definition) is 2. The van der Waals surface area contributed by atoms with Gasteiger partial charge in [-0.3, -0.25) is 4.79 Å². The number of rotatable bonds is 2. The Hall–Kier alpha value is -2.28. The third-order valence-electron chi connectivity index (χ3n) is 4.08. The quantitative estimate of drug-likeness (QED) is 0.864. The maximum Gasteiger partial charge on any atom is 0.307 e. The first-order chi connectivity index (χ1) is 9.20. The first kappa shape index (κ1) is 11.8. The van der Waals surface area contributed by atoms with Gasteiger partial charge < -0.3 is 10.1 Å². The highest BCUT2D eigenvalue weighted by molar-refractivity contribution is 5.86. The number of fused-ring (bicyclic) bond motifs is 1. The summed E-state index contributed by atoms with van der Waals surface area (Å²) in [7, 11) is 0. The van der Waals surface area contributed by atoms with Crippen LogP contribution in [0.3, 0.4) is 0 Å². The lowest BCUT2D eigenvalue weighted by molar-refractivity contribution is -0.141. The molecule has 0 bridgehead atoms. The van der Waals surface area contributed by atoms with E-state index in [1.165, 1.54) is 0 Å².